The number of hydrogen-bond acceptors (Lipinski definition) is 2. The lowest BCUT2D eigenvalue weighted by molar-refractivity contribution is -0.137. The standard InChI is InChI=1S/C23H17F3N2/c1-15(27-28-18-9-6-8-17(14-18)23(24,25)26)22-13-16-7-2-3-10-19(16)20-11-4-5-12-21(20)22/h2-14,28H,1H3/b27-15+. The topological polar surface area (TPSA) is 24.4 Å². The number of benzene rings is 4. The summed E-state index contributed by atoms with van der Waals surface area (Å²) in [5.74, 6) is 0. The van der Waals surface area contributed by atoms with Gasteiger partial charge in [0.15, 0.2) is 0 Å². The number of halogens is 3. The molecule has 0 saturated heterocycles. The second-order valence-electron chi connectivity index (χ2n) is 6.58. The first-order chi connectivity index (χ1) is 13.4. The molecule has 0 aliphatic rings. The third kappa shape index (κ3) is 3.43. The molecule has 2 nitrogen and oxygen atoms in total. The second-order valence-corrected chi connectivity index (χ2v) is 6.58. The SMILES string of the molecule is C/C(=N\Nc1cccc(C(F)(F)F)c1)c1cc2ccccc2c2ccccc12. The number of alkyl halides is 3. The van der Waals surface area contributed by atoms with Crippen molar-refractivity contribution in [2.75, 3.05) is 5.43 Å². The summed E-state index contributed by atoms with van der Waals surface area (Å²) in [7, 11) is 0. The van der Waals surface area contributed by atoms with Crippen LogP contribution >= 0.6 is 0 Å². The van der Waals surface area contributed by atoms with Gasteiger partial charge in [-0.2, -0.15) is 18.3 Å². The van der Waals surface area contributed by atoms with E-state index in [1.54, 1.807) is 6.07 Å². The smallest absolute Gasteiger partial charge is 0.278 e. The molecular weight excluding hydrogens is 361 g/mol. The summed E-state index contributed by atoms with van der Waals surface area (Å²) < 4.78 is 38.7. The Bertz CT molecular complexity index is 1190. The van der Waals surface area contributed by atoms with Crippen molar-refractivity contribution in [2.24, 2.45) is 5.10 Å². The second kappa shape index (κ2) is 7.00. The highest BCUT2D eigenvalue weighted by Crippen LogP contribution is 2.31. The molecule has 140 valence electrons. The molecule has 0 amide bonds. The van der Waals surface area contributed by atoms with E-state index in [1.165, 1.54) is 6.07 Å². The summed E-state index contributed by atoms with van der Waals surface area (Å²) in [6.45, 7) is 1.84. The minimum absolute atomic E-state index is 0.291. The number of nitrogens with one attached hydrogen (secondary N) is 1. The fourth-order valence-electron chi connectivity index (χ4n) is 3.33. The molecule has 4 aromatic rings. The Hall–Kier alpha value is -3.34. The molecule has 0 saturated carbocycles. The van der Waals surface area contributed by atoms with Crippen molar-refractivity contribution in [3.05, 3.63) is 90.0 Å². The molecule has 0 unspecified atom stereocenters. The molecule has 0 aliphatic carbocycles. The van der Waals surface area contributed by atoms with Crippen LogP contribution in [0.15, 0.2) is 84.0 Å². The molecular formula is C23H17F3N2. The zero-order chi connectivity index (χ0) is 19.7. The predicted molar refractivity (Wildman–Crippen MR) is 109 cm³/mol. The molecule has 0 radical (unpaired) electrons. The van der Waals surface area contributed by atoms with E-state index in [1.807, 2.05) is 43.3 Å². The van der Waals surface area contributed by atoms with Crippen molar-refractivity contribution >= 4 is 32.9 Å². The van der Waals surface area contributed by atoms with Crippen LogP contribution in [-0.2, 0) is 6.18 Å². The van der Waals surface area contributed by atoms with E-state index in [2.05, 4.69) is 28.7 Å². The normalized spacial score (nSPS) is 12.5. The highest BCUT2D eigenvalue weighted by Gasteiger charge is 2.30. The molecule has 28 heavy (non-hydrogen) atoms. The highest BCUT2D eigenvalue weighted by atomic mass is 19.4. The lowest BCUT2D eigenvalue weighted by Gasteiger charge is -2.11. The summed E-state index contributed by atoms with van der Waals surface area (Å²) in [5, 5.41) is 8.75. The van der Waals surface area contributed by atoms with Gasteiger partial charge in [0.05, 0.1) is 17.0 Å². The monoisotopic (exact) mass is 378 g/mol. The predicted octanol–water partition coefficient (Wildman–Crippen LogP) is 6.85. The first kappa shape index (κ1) is 18.0. The van der Waals surface area contributed by atoms with Crippen molar-refractivity contribution < 1.29 is 13.2 Å². The Kier molecular flexibility index (Phi) is 4.51. The maximum absolute atomic E-state index is 12.9. The van der Waals surface area contributed by atoms with E-state index in [-0.39, 0.29) is 0 Å². The van der Waals surface area contributed by atoms with Gasteiger partial charge in [0.2, 0.25) is 0 Å². The van der Waals surface area contributed by atoms with Gasteiger partial charge < -0.3 is 0 Å². The molecule has 5 heteroatoms. The van der Waals surface area contributed by atoms with Crippen LogP contribution in [0.2, 0.25) is 0 Å². The van der Waals surface area contributed by atoms with Crippen LogP contribution in [0, 0.1) is 0 Å². The number of rotatable bonds is 3. The van der Waals surface area contributed by atoms with E-state index < -0.39 is 11.7 Å². The average molecular weight is 378 g/mol. The van der Waals surface area contributed by atoms with Crippen molar-refractivity contribution in [1.29, 1.82) is 0 Å². The van der Waals surface area contributed by atoms with Crippen LogP contribution in [-0.4, -0.2) is 5.71 Å². The summed E-state index contributed by atoms with van der Waals surface area (Å²) >= 11 is 0. The molecule has 4 rings (SSSR count). The maximum Gasteiger partial charge on any atom is 0.416 e. The Morgan fingerprint density at radius 1 is 0.786 bits per heavy atom. The summed E-state index contributed by atoms with van der Waals surface area (Å²) in [6, 6.07) is 23.2. The molecule has 0 aliphatic heterocycles. The lowest BCUT2D eigenvalue weighted by Crippen LogP contribution is -2.06. The lowest BCUT2D eigenvalue weighted by atomic mass is 9.95. The Morgan fingerprint density at radius 2 is 1.46 bits per heavy atom. The van der Waals surface area contributed by atoms with Crippen LogP contribution in [0.3, 0.4) is 0 Å². The largest absolute Gasteiger partial charge is 0.416 e. The van der Waals surface area contributed by atoms with Gasteiger partial charge in [-0.3, -0.25) is 5.43 Å². The minimum atomic E-state index is -4.38. The molecule has 0 spiro atoms. The van der Waals surface area contributed by atoms with Gasteiger partial charge in [-0.1, -0.05) is 54.6 Å². The minimum Gasteiger partial charge on any atom is -0.278 e. The van der Waals surface area contributed by atoms with Crippen molar-refractivity contribution in [3.8, 4) is 0 Å². The van der Waals surface area contributed by atoms with Crippen LogP contribution in [0.4, 0.5) is 18.9 Å². The first-order valence-electron chi connectivity index (χ1n) is 8.82. The van der Waals surface area contributed by atoms with Gasteiger partial charge >= 0.3 is 6.18 Å². The van der Waals surface area contributed by atoms with Crippen molar-refractivity contribution in [1.82, 2.24) is 0 Å². The number of fused-ring (bicyclic) bond motifs is 3. The average Bonchev–Trinajstić information content (AvgIpc) is 2.71. The zero-order valence-electron chi connectivity index (χ0n) is 15.1. The molecule has 4 aromatic carbocycles. The van der Waals surface area contributed by atoms with E-state index in [9.17, 15) is 13.2 Å². The Labute approximate surface area is 160 Å². The van der Waals surface area contributed by atoms with Gasteiger partial charge in [-0.15, -0.1) is 0 Å². The van der Waals surface area contributed by atoms with Crippen LogP contribution in [0.5, 0.6) is 0 Å². The van der Waals surface area contributed by atoms with Crippen molar-refractivity contribution in [3.63, 3.8) is 0 Å². The van der Waals surface area contributed by atoms with Gasteiger partial charge in [0.1, 0.15) is 0 Å². The number of nitrogens with zero attached hydrogens (tertiary/aromatic N) is 1. The number of anilines is 1. The molecule has 0 bridgehead atoms. The van der Waals surface area contributed by atoms with Gasteiger partial charge in [0.25, 0.3) is 0 Å². The Balaban J connectivity index is 1.75. The fraction of sp³-hybridized carbons (Fsp3) is 0.0870. The zero-order valence-corrected chi connectivity index (χ0v) is 15.1. The van der Waals surface area contributed by atoms with Crippen LogP contribution in [0.25, 0.3) is 21.5 Å². The molecule has 1 N–H and O–H groups in total. The third-order valence-corrected chi connectivity index (χ3v) is 4.70. The van der Waals surface area contributed by atoms with E-state index >= 15 is 0 Å². The molecule has 0 fully saturated rings. The first-order valence-corrected chi connectivity index (χ1v) is 8.82. The quantitative estimate of drug-likeness (QED) is 0.235. The van der Waals surface area contributed by atoms with Gasteiger partial charge in [-0.25, -0.2) is 0 Å². The van der Waals surface area contributed by atoms with Crippen LogP contribution in [0.1, 0.15) is 18.1 Å². The molecule has 0 heterocycles. The van der Waals surface area contributed by atoms with E-state index in [4.69, 9.17) is 0 Å². The van der Waals surface area contributed by atoms with Gasteiger partial charge in [0, 0.05) is 5.56 Å². The number of hydrogen-bond donors (Lipinski definition) is 1. The molecule has 0 atom stereocenters. The molecule has 0 aromatic heterocycles. The van der Waals surface area contributed by atoms with Crippen molar-refractivity contribution in [2.45, 2.75) is 13.1 Å². The summed E-state index contributed by atoms with van der Waals surface area (Å²) in [4.78, 5) is 0. The summed E-state index contributed by atoms with van der Waals surface area (Å²) in [6.07, 6.45) is -4.38. The maximum atomic E-state index is 12.9. The fourth-order valence-corrected chi connectivity index (χ4v) is 3.33. The van der Waals surface area contributed by atoms with E-state index in [0.29, 0.717) is 11.4 Å². The van der Waals surface area contributed by atoms with E-state index in [0.717, 1.165) is 39.2 Å². The Morgan fingerprint density at radius 3 is 2.21 bits per heavy atom. The van der Waals surface area contributed by atoms with Gasteiger partial charge in [-0.05, 0) is 52.7 Å². The third-order valence-electron chi connectivity index (χ3n) is 4.70. The number of hydrazone groups is 1. The highest BCUT2D eigenvalue weighted by molar-refractivity contribution is 6.18. The summed E-state index contributed by atoms with van der Waals surface area (Å²) in [5.41, 5.74) is 3.97. The van der Waals surface area contributed by atoms with Crippen LogP contribution < -0.4 is 5.43 Å².